The van der Waals surface area contributed by atoms with E-state index >= 15 is 0 Å². The number of nitrogens with zero attached hydrogens (tertiary/aromatic N) is 2. The Morgan fingerprint density at radius 3 is 2.83 bits per heavy atom. The van der Waals surface area contributed by atoms with Gasteiger partial charge in [-0.15, -0.1) is 0 Å². The molecule has 1 N–H and O–H groups in total. The number of nitrogens with one attached hydrogen (secondary N) is 1. The van der Waals surface area contributed by atoms with Crippen LogP contribution in [0.1, 0.15) is 39.2 Å². The van der Waals surface area contributed by atoms with E-state index in [2.05, 4.69) is 16.3 Å². The molecule has 1 unspecified atom stereocenters. The quantitative estimate of drug-likeness (QED) is 0.919. The van der Waals surface area contributed by atoms with E-state index in [0.717, 1.165) is 31.6 Å². The summed E-state index contributed by atoms with van der Waals surface area (Å²) in [5, 5.41) is 12.5. The van der Waals surface area contributed by atoms with Gasteiger partial charge in [-0.05, 0) is 37.0 Å². The van der Waals surface area contributed by atoms with Crippen LogP contribution in [-0.2, 0) is 4.79 Å². The lowest BCUT2D eigenvalue weighted by Gasteiger charge is -2.35. The molecule has 1 heterocycles. The molecule has 1 saturated heterocycles. The first kappa shape index (κ1) is 17.6. The summed E-state index contributed by atoms with van der Waals surface area (Å²) in [6.07, 6.45) is 2.21. The molecular formula is C18H24ClN3O. The minimum atomic E-state index is -0.352. The summed E-state index contributed by atoms with van der Waals surface area (Å²) >= 11 is 6.13. The maximum Gasteiger partial charge on any atom is 0.225 e. The average Bonchev–Trinajstić information content (AvgIpc) is 2.51. The van der Waals surface area contributed by atoms with Crippen LogP contribution in [-0.4, -0.2) is 25.5 Å². The number of hydrogen-bond acceptors (Lipinski definition) is 3. The molecule has 0 aromatic heterocycles. The number of hydrogen-bond donors (Lipinski definition) is 1. The van der Waals surface area contributed by atoms with Crippen molar-refractivity contribution in [3.63, 3.8) is 0 Å². The zero-order valence-electron chi connectivity index (χ0n) is 14.0. The van der Waals surface area contributed by atoms with Gasteiger partial charge in [0.25, 0.3) is 0 Å². The summed E-state index contributed by atoms with van der Waals surface area (Å²) in [6, 6.07) is 7.65. The zero-order valence-corrected chi connectivity index (χ0v) is 14.8. The molecule has 124 valence electrons. The third-order valence-corrected chi connectivity index (χ3v) is 4.50. The number of benzene rings is 1. The summed E-state index contributed by atoms with van der Waals surface area (Å²) in [6.45, 7) is 8.35. The molecule has 0 spiro atoms. The van der Waals surface area contributed by atoms with Crippen molar-refractivity contribution >= 4 is 23.2 Å². The molecule has 1 fully saturated rings. The monoisotopic (exact) mass is 333 g/mol. The average molecular weight is 334 g/mol. The predicted molar refractivity (Wildman–Crippen MR) is 93.6 cm³/mol. The van der Waals surface area contributed by atoms with Gasteiger partial charge in [-0.1, -0.05) is 32.4 Å². The van der Waals surface area contributed by atoms with Crippen molar-refractivity contribution in [1.29, 1.82) is 5.26 Å². The number of piperidine rings is 1. The van der Waals surface area contributed by atoms with Crippen LogP contribution in [0.25, 0.3) is 0 Å². The second-order valence-electron chi connectivity index (χ2n) is 7.19. The number of rotatable bonds is 3. The van der Waals surface area contributed by atoms with E-state index in [-0.39, 0.29) is 11.3 Å². The van der Waals surface area contributed by atoms with Crippen LogP contribution in [0.2, 0.25) is 5.02 Å². The van der Waals surface area contributed by atoms with Gasteiger partial charge in [-0.2, -0.15) is 5.26 Å². The molecule has 1 atom stereocenters. The first-order valence-corrected chi connectivity index (χ1v) is 8.42. The van der Waals surface area contributed by atoms with Gasteiger partial charge in [0.1, 0.15) is 6.07 Å². The number of anilines is 1. The summed E-state index contributed by atoms with van der Waals surface area (Å²) < 4.78 is 0. The molecule has 23 heavy (non-hydrogen) atoms. The molecule has 1 amide bonds. The summed E-state index contributed by atoms with van der Waals surface area (Å²) in [5.74, 6) is 0.528. The van der Waals surface area contributed by atoms with Crippen molar-refractivity contribution in [3.8, 4) is 6.07 Å². The lowest BCUT2D eigenvalue weighted by molar-refractivity contribution is -0.128. The number of amides is 1. The van der Waals surface area contributed by atoms with E-state index < -0.39 is 0 Å². The smallest absolute Gasteiger partial charge is 0.225 e. The highest BCUT2D eigenvalue weighted by molar-refractivity contribution is 6.32. The highest BCUT2D eigenvalue weighted by Crippen LogP contribution is 2.27. The number of nitriles is 1. The van der Waals surface area contributed by atoms with Crippen LogP contribution < -0.4 is 10.2 Å². The summed E-state index contributed by atoms with van der Waals surface area (Å²) in [5.41, 5.74) is 1.19. The Morgan fingerprint density at radius 2 is 2.22 bits per heavy atom. The van der Waals surface area contributed by atoms with Crippen LogP contribution in [0.5, 0.6) is 0 Å². The van der Waals surface area contributed by atoms with Gasteiger partial charge in [0, 0.05) is 30.7 Å². The van der Waals surface area contributed by atoms with Gasteiger partial charge < -0.3 is 10.2 Å². The van der Waals surface area contributed by atoms with Gasteiger partial charge in [-0.3, -0.25) is 4.79 Å². The van der Waals surface area contributed by atoms with E-state index in [1.165, 1.54) is 0 Å². The first-order valence-electron chi connectivity index (χ1n) is 8.04. The third kappa shape index (κ3) is 4.62. The normalized spacial score (nSPS) is 18.4. The first-order chi connectivity index (χ1) is 10.8. The van der Waals surface area contributed by atoms with Crippen molar-refractivity contribution in [2.24, 2.45) is 11.3 Å². The Hall–Kier alpha value is -1.73. The second-order valence-corrected chi connectivity index (χ2v) is 7.60. The Bertz CT molecular complexity index is 616. The van der Waals surface area contributed by atoms with E-state index in [0.29, 0.717) is 23.0 Å². The fraction of sp³-hybridized carbons (Fsp3) is 0.556. The van der Waals surface area contributed by atoms with Gasteiger partial charge in [-0.25, -0.2) is 0 Å². The van der Waals surface area contributed by atoms with E-state index in [4.69, 9.17) is 16.9 Å². The maximum atomic E-state index is 12.0. The molecular weight excluding hydrogens is 310 g/mol. The maximum absolute atomic E-state index is 12.0. The highest BCUT2D eigenvalue weighted by Gasteiger charge is 2.24. The predicted octanol–water partition coefficient (Wildman–Crippen LogP) is 3.59. The summed E-state index contributed by atoms with van der Waals surface area (Å²) in [4.78, 5) is 14.3. The minimum absolute atomic E-state index is 0.0936. The lowest BCUT2D eigenvalue weighted by Crippen LogP contribution is -2.43. The molecule has 0 aliphatic carbocycles. The van der Waals surface area contributed by atoms with Crippen LogP contribution >= 0.6 is 11.6 Å². The molecule has 4 nitrogen and oxygen atoms in total. The van der Waals surface area contributed by atoms with Crippen molar-refractivity contribution in [2.45, 2.75) is 33.6 Å². The molecule has 1 aliphatic rings. The second kappa shape index (κ2) is 7.23. The largest absolute Gasteiger partial charge is 0.371 e. The minimum Gasteiger partial charge on any atom is -0.371 e. The van der Waals surface area contributed by atoms with Crippen LogP contribution in [0.15, 0.2) is 18.2 Å². The van der Waals surface area contributed by atoms with Crippen LogP contribution in [0, 0.1) is 22.7 Å². The fourth-order valence-electron chi connectivity index (χ4n) is 2.76. The molecule has 1 aromatic rings. The molecule has 1 aliphatic heterocycles. The van der Waals surface area contributed by atoms with E-state index in [9.17, 15) is 4.79 Å². The summed E-state index contributed by atoms with van der Waals surface area (Å²) in [7, 11) is 0. The molecule has 1 aromatic carbocycles. The van der Waals surface area contributed by atoms with Gasteiger partial charge in [0.2, 0.25) is 5.91 Å². The lowest BCUT2D eigenvalue weighted by atomic mass is 9.94. The highest BCUT2D eigenvalue weighted by atomic mass is 35.5. The Kier molecular flexibility index (Phi) is 5.54. The number of carbonyl (C=O) groups is 1. The van der Waals surface area contributed by atoms with Gasteiger partial charge >= 0.3 is 0 Å². The van der Waals surface area contributed by atoms with Crippen molar-refractivity contribution < 1.29 is 4.79 Å². The Morgan fingerprint density at radius 1 is 1.48 bits per heavy atom. The molecule has 0 saturated carbocycles. The van der Waals surface area contributed by atoms with Crippen molar-refractivity contribution in [1.82, 2.24) is 5.32 Å². The molecule has 0 radical (unpaired) electrons. The zero-order chi connectivity index (χ0) is 17.0. The van der Waals surface area contributed by atoms with Gasteiger partial charge in [0.15, 0.2) is 0 Å². The van der Waals surface area contributed by atoms with E-state index in [1.54, 1.807) is 6.07 Å². The van der Waals surface area contributed by atoms with Crippen LogP contribution in [0.3, 0.4) is 0 Å². The van der Waals surface area contributed by atoms with Gasteiger partial charge in [0.05, 0.1) is 10.6 Å². The number of carbonyl (C=O) groups excluding carboxylic acids is 1. The topological polar surface area (TPSA) is 56.1 Å². The number of halogens is 1. The van der Waals surface area contributed by atoms with Crippen LogP contribution in [0.4, 0.5) is 5.69 Å². The van der Waals surface area contributed by atoms with E-state index in [1.807, 2.05) is 32.9 Å². The standard InChI is InChI=1S/C18H24ClN3O/c1-18(2,3)17(23)21-11-13-5-4-8-22(12-13)15-7-6-14(10-20)16(19)9-15/h6-7,9,13H,4-5,8,11-12H2,1-3H3,(H,21,23). The Labute approximate surface area is 143 Å². The molecule has 5 heteroatoms. The van der Waals surface area contributed by atoms with Crippen molar-refractivity contribution in [2.75, 3.05) is 24.5 Å². The Balaban J connectivity index is 1.97. The fourth-order valence-corrected chi connectivity index (χ4v) is 2.98. The SMILES string of the molecule is CC(C)(C)C(=O)NCC1CCCN(c2ccc(C#N)c(Cl)c2)C1. The third-order valence-electron chi connectivity index (χ3n) is 4.19. The molecule has 2 rings (SSSR count). The molecule has 0 bridgehead atoms. The van der Waals surface area contributed by atoms with Crippen molar-refractivity contribution in [3.05, 3.63) is 28.8 Å².